The van der Waals surface area contributed by atoms with Crippen LogP contribution in [0.5, 0.6) is 0 Å². The van der Waals surface area contributed by atoms with Crippen LogP contribution in [0.15, 0.2) is 0 Å². The first-order valence-electron chi connectivity index (χ1n) is 6.73. The van der Waals surface area contributed by atoms with Crippen LogP contribution in [0, 0.1) is 5.41 Å². The number of likely N-dealkylation sites (N-methyl/N-ethyl adjacent to an activating group) is 1. The Bertz CT molecular complexity index is 223. The van der Waals surface area contributed by atoms with E-state index in [1.54, 1.807) is 0 Å². The summed E-state index contributed by atoms with van der Waals surface area (Å²) in [7, 11) is 2.12. The molecule has 2 saturated heterocycles. The van der Waals surface area contributed by atoms with Gasteiger partial charge < -0.3 is 19.5 Å². The van der Waals surface area contributed by atoms with E-state index in [9.17, 15) is 5.11 Å². The largest absolute Gasteiger partial charge is 0.396 e. The number of rotatable bonds is 5. The second-order valence-electron chi connectivity index (χ2n) is 5.65. The van der Waals surface area contributed by atoms with Crippen LogP contribution < -0.4 is 0 Å². The molecule has 0 spiro atoms. The molecular formula is C13H25NO3. The lowest BCUT2D eigenvalue weighted by Gasteiger charge is -2.38. The van der Waals surface area contributed by atoms with Crippen molar-refractivity contribution in [2.45, 2.75) is 31.8 Å². The molecule has 0 saturated carbocycles. The highest BCUT2D eigenvalue weighted by molar-refractivity contribution is 4.84. The van der Waals surface area contributed by atoms with Crippen molar-refractivity contribution in [3.63, 3.8) is 0 Å². The first-order valence-corrected chi connectivity index (χ1v) is 6.73. The lowest BCUT2D eigenvalue weighted by molar-refractivity contribution is -0.0566. The molecule has 100 valence electrons. The van der Waals surface area contributed by atoms with Gasteiger partial charge in [0.25, 0.3) is 0 Å². The normalized spacial score (nSPS) is 34.4. The lowest BCUT2D eigenvalue weighted by Crippen LogP contribution is -2.46. The van der Waals surface area contributed by atoms with Crippen molar-refractivity contribution in [1.29, 1.82) is 0 Å². The number of aliphatic hydroxyl groups is 1. The third kappa shape index (κ3) is 3.65. The van der Waals surface area contributed by atoms with Crippen molar-refractivity contribution in [2.75, 3.05) is 46.6 Å². The van der Waals surface area contributed by atoms with Gasteiger partial charge >= 0.3 is 0 Å². The number of hydrogen-bond acceptors (Lipinski definition) is 4. The lowest BCUT2D eigenvalue weighted by atomic mass is 9.83. The van der Waals surface area contributed by atoms with Crippen molar-refractivity contribution >= 4 is 0 Å². The molecule has 0 aromatic carbocycles. The average Bonchev–Trinajstić information content (AvgIpc) is 2.83. The third-order valence-corrected chi connectivity index (χ3v) is 3.88. The molecular weight excluding hydrogens is 218 g/mol. The molecule has 2 aliphatic heterocycles. The first kappa shape index (κ1) is 13.3. The van der Waals surface area contributed by atoms with Crippen LogP contribution in [-0.2, 0) is 9.47 Å². The molecule has 0 bridgehead atoms. The van der Waals surface area contributed by atoms with Gasteiger partial charge in [-0.05, 0) is 32.7 Å². The molecule has 0 aliphatic carbocycles. The summed E-state index contributed by atoms with van der Waals surface area (Å²) in [5.41, 5.74) is -0.0500. The van der Waals surface area contributed by atoms with Crippen molar-refractivity contribution in [1.82, 2.24) is 4.90 Å². The van der Waals surface area contributed by atoms with E-state index in [-0.39, 0.29) is 12.0 Å². The summed E-state index contributed by atoms with van der Waals surface area (Å²) in [6.45, 7) is 4.55. The number of aliphatic hydroxyl groups excluding tert-OH is 1. The monoisotopic (exact) mass is 243 g/mol. The minimum Gasteiger partial charge on any atom is -0.396 e. The molecule has 1 N–H and O–H groups in total. The summed E-state index contributed by atoms with van der Waals surface area (Å²) in [6, 6.07) is 0. The fraction of sp³-hybridized carbons (Fsp3) is 1.00. The van der Waals surface area contributed by atoms with Crippen LogP contribution in [0.4, 0.5) is 0 Å². The van der Waals surface area contributed by atoms with E-state index in [0.29, 0.717) is 12.7 Å². The number of hydrogen-bond donors (Lipinski definition) is 1. The molecule has 4 nitrogen and oxygen atoms in total. The first-order chi connectivity index (χ1) is 8.24. The molecule has 17 heavy (non-hydrogen) atoms. The van der Waals surface area contributed by atoms with Crippen LogP contribution in [-0.4, -0.2) is 62.7 Å². The highest BCUT2D eigenvalue weighted by Crippen LogP contribution is 2.29. The summed E-state index contributed by atoms with van der Waals surface area (Å²) >= 11 is 0. The Labute approximate surface area is 104 Å². The SMILES string of the molecule is CN(CC1CCCO1)CC1(CO)CCCOC1. The van der Waals surface area contributed by atoms with E-state index >= 15 is 0 Å². The highest BCUT2D eigenvalue weighted by Gasteiger charge is 2.34. The molecule has 2 atom stereocenters. The number of nitrogens with zero attached hydrogens (tertiary/aromatic N) is 1. The van der Waals surface area contributed by atoms with Crippen molar-refractivity contribution < 1.29 is 14.6 Å². The van der Waals surface area contributed by atoms with Gasteiger partial charge in [0.05, 0.1) is 19.3 Å². The summed E-state index contributed by atoms with van der Waals surface area (Å²) in [5, 5.41) is 9.61. The average molecular weight is 243 g/mol. The predicted octanol–water partition coefficient (Wildman–Crippen LogP) is 0.886. The fourth-order valence-electron chi connectivity index (χ4n) is 2.98. The van der Waals surface area contributed by atoms with Crippen molar-refractivity contribution in [3.05, 3.63) is 0 Å². The number of ether oxygens (including phenoxy) is 2. The predicted molar refractivity (Wildman–Crippen MR) is 66.0 cm³/mol. The Morgan fingerprint density at radius 2 is 2.24 bits per heavy atom. The Hall–Kier alpha value is -0.160. The van der Waals surface area contributed by atoms with Gasteiger partial charge in [-0.2, -0.15) is 0 Å². The summed E-state index contributed by atoms with van der Waals surface area (Å²) in [6.07, 6.45) is 4.88. The van der Waals surface area contributed by atoms with Crippen LogP contribution in [0.25, 0.3) is 0 Å². The van der Waals surface area contributed by atoms with E-state index in [0.717, 1.165) is 39.1 Å². The Kier molecular flexibility index (Phi) is 4.79. The minimum atomic E-state index is -0.0500. The molecule has 4 heteroatoms. The van der Waals surface area contributed by atoms with Crippen LogP contribution >= 0.6 is 0 Å². The van der Waals surface area contributed by atoms with Gasteiger partial charge in [-0.1, -0.05) is 0 Å². The van der Waals surface area contributed by atoms with Gasteiger partial charge in [0, 0.05) is 31.7 Å². The van der Waals surface area contributed by atoms with Gasteiger partial charge in [0.2, 0.25) is 0 Å². The molecule has 0 aromatic heterocycles. The molecule has 2 heterocycles. The Morgan fingerprint density at radius 1 is 1.35 bits per heavy atom. The Balaban J connectivity index is 1.80. The molecule has 2 fully saturated rings. The Morgan fingerprint density at radius 3 is 2.82 bits per heavy atom. The van der Waals surface area contributed by atoms with E-state index < -0.39 is 0 Å². The maximum absolute atomic E-state index is 9.61. The topological polar surface area (TPSA) is 41.9 Å². The van der Waals surface area contributed by atoms with Gasteiger partial charge in [0.1, 0.15) is 0 Å². The summed E-state index contributed by atoms with van der Waals surface area (Å²) < 4.78 is 11.2. The quantitative estimate of drug-likeness (QED) is 0.778. The second kappa shape index (κ2) is 6.14. The molecule has 0 aromatic rings. The molecule has 0 radical (unpaired) electrons. The minimum absolute atomic E-state index is 0.0500. The zero-order chi connectivity index (χ0) is 12.1. The zero-order valence-corrected chi connectivity index (χ0v) is 10.9. The summed E-state index contributed by atoms with van der Waals surface area (Å²) in [5.74, 6) is 0. The molecule has 2 rings (SSSR count). The molecule has 2 unspecified atom stereocenters. The standard InChI is InChI=1S/C13H25NO3/c1-14(8-12-4-2-7-17-12)9-13(10-15)5-3-6-16-11-13/h12,15H,2-11H2,1H3. The van der Waals surface area contributed by atoms with Gasteiger partial charge in [0.15, 0.2) is 0 Å². The summed E-state index contributed by atoms with van der Waals surface area (Å²) in [4.78, 5) is 2.29. The fourth-order valence-corrected chi connectivity index (χ4v) is 2.98. The maximum Gasteiger partial charge on any atom is 0.0702 e. The van der Waals surface area contributed by atoms with Crippen LogP contribution in [0.2, 0.25) is 0 Å². The van der Waals surface area contributed by atoms with Crippen LogP contribution in [0.1, 0.15) is 25.7 Å². The van der Waals surface area contributed by atoms with E-state index in [4.69, 9.17) is 9.47 Å². The highest BCUT2D eigenvalue weighted by atomic mass is 16.5. The van der Waals surface area contributed by atoms with Crippen molar-refractivity contribution in [3.8, 4) is 0 Å². The van der Waals surface area contributed by atoms with Crippen molar-refractivity contribution in [2.24, 2.45) is 5.41 Å². The maximum atomic E-state index is 9.61. The van der Waals surface area contributed by atoms with Crippen LogP contribution in [0.3, 0.4) is 0 Å². The van der Waals surface area contributed by atoms with Gasteiger partial charge in [-0.25, -0.2) is 0 Å². The zero-order valence-electron chi connectivity index (χ0n) is 10.9. The smallest absolute Gasteiger partial charge is 0.0702 e. The van der Waals surface area contributed by atoms with E-state index in [1.165, 1.54) is 12.8 Å². The third-order valence-electron chi connectivity index (χ3n) is 3.88. The molecule has 0 amide bonds. The van der Waals surface area contributed by atoms with E-state index in [2.05, 4.69) is 11.9 Å². The van der Waals surface area contributed by atoms with Gasteiger partial charge in [-0.3, -0.25) is 0 Å². The van der Waals surface area contributed by atoms with Gasteiger partial charge in [-0.15, -0.1) is 0 Å². The molecule has 2 aliphatic rings. The van der Waals surface area contributed by atoms with E-state index in [1.807, 2.05) is 0 Å². The second-order valence-corrected chi connectivity index (χ2v) is 5.65.